The number of hydrogen-bond donors (Lipinski definition) is 1. The quantitative estimate of drug-likeness (QED) is 0.649. The molecular weight excluding hydrogens is 408 g/mol. The minimum atomic E-state index is -0.554. The molecule has 1 fully saturated rings. The predicted octanol–water partition coefficient (Wildman–Crippen LogP) is 4.42. The van der Waals surface area contributed by atoms with Crippen molar-refractivity contribution >= 4 is 17.1 Å². The summed E-state index contributed by atoms with van der Waals surface area (Å²) in [5.74, 6) is 0.627. The van der Waals surface area contributed by atoms with Crippen LogP contribution in [-0.4, -0.2) is 62.9 Å². The monoisotopic (exact) mass is 438 g/mol. The number of ether oxygens (including phenoxy) is 3. The van der Waals surface area contributed by atoms with E-state index in [1.165, 1.54) is 0 Å². The van der Waals surface area contributed by atoms with Gasteiger partial charge < -0.3 is 24.1 Å². The standard InChI is InChI=1S/C24H30N4O4/c1-23(2,3)32-22(29)28-13-18(31-24(4,5)15-28)14-30-20-11-17(16-6-7-25-12-16)10-19-21(20)27-9-8-26-19/h6-12,18,25H,13-15H2,1-5H3/t18-/m0/s1. The first-order valence-electron chi connectivity index (χ1n) is 10.8. The molecule has 32 heavy (non-hydrogen) atoms. The molecule has 0 unspecified atom stereocenters. The molecule has 0 aliphatic carbocycles. The first kappa shape index (κ1) is 22.1. The molecule has 1 aliphatic rings. The Kier molecular flexibility index (Phi) is 5.81. The minimum absolute atomic E-state index is 0.269. The van der Waals surface area contributed by atoms with Gasteiger partial charge in [0.15, 0.2) is 0 Å². The van der Waals surface area contributed by atoms with Crippen LogP contribution in [0.1, 0.15) is 34.6 Å². The molecule has 3 heterocycles. The molecule has 4 rings (SSSR count). The lowest BCUT2D eigenvalue weighted by Gasteiger charge is -2.42. The Morgan fingerprint density at radius 1 is 1.25 bits per heavy atom. The summed E-state index contributed by atoms with van der Waals surface area (Å²) < 4.78 is 18.0. The number of carbonyl (C=O) groups excluding carboxylic acids is 1. The highest BCUT2D eigenvalue weighted by atomic mass is 16.6. The third-order valence-corrected chi connectivity index (χ3v) is 5.03. The van der Waals surface area contributed by atoms with Crippen molar-refractivity contribution in [3.05, 3.63) is 43.0 Å². The van der Waals surface area contributed by atoms with Crippen LogP contribution in [0, 0.1) is 0 Å². The molecule has 0 saturated carbocycles. The summed E-state index contributed by atoms with van der Waals surface area (Å²) in [6, 6.07) is 5.94. The summed E-state index contributed by atoms with van der Waals surface area (Å²) in [6.07, 6.45) is 6.46. The van der Waals surface area contributed by atoms with Gasteiger partial charge in [-0.2, -0.15) is 0 Å². The zero-order valence-electron chi connectivity index (χ0n) is 19.2. The number of amides is 1. The van der Waals surface area contributed by atoms with Gasteiger partial charge in [0.05, 0.1) is 24.2 Å². The van der Waals surface area contributed by atoms with E-state index in [0.29, 0.717) is 24.4 Å². The summed E-state index contributed by atoms with van der Waals surface area (Å²) >= 11 is 0. The number of nitrogens with one attached hydrogen (secondary N) is 1. The zero-order chi connectivity index (χ0) is 22.9. The number of rotatable bonds is 4. The van der Waals surface area contributed by atoms with Crippen molar-refractivity contribution in [2.45, 2.75) is 51.9 Å². The molecule has 1 atom stereocenters. The van der Waals surface area contributed by atoms with E-state index >= 15 is 0 Å². The predicted molar refractivity (Wildman–Crippen MR) is 122 cm³/mol. The average molecular weight is 439 g/mol. The minimum Gasteiger partial charge on any atom is -0.488 e. The number of morpholine rings is 1. The van der Waals surface area contributed by atoms with E-state index in [4.69, 9.17) is 14.2 Å². The second-order valence-electron chi connectivity index (χ2n) is 9.67. The van der Waals surface area contributed by atoms with Gasteiger partial charge in [-0.05, 0) is 63.9 Å². The molecule has 170 valence electrons. The van der Waals surface area contributed by atoms with Gasteiger partial charge in [-0.3, -0.25) is 4.98 Å². The Hall–Kier alpha value is -3.13. The Labute approximate surface area is 187 Å². The first-order chi connectivity index (χ1) is 15.1. The lowest BCUT2D eigenvalue weighted by atomic mass is 10.1. The van der Waals surface area contributed by atoms with Crippen LogP contribution in [0.15, 0.2) is 43.0 Å². The van der Waals surface area contributed by atoms with Gasteiger partial charge >= 0.3 is 6.09 Å². The van der Waals surface area contributed by atoms with E-state index < -0.39 is 11.2 Å². The number of fused-ring (bicyclic) bond motifs is 1. The average Bonchev–Trinajstić information content (AvgIpc) is 3.24. The number of benzene rings is 1. The number of H-pyrrole nitrogens is 1. The smallest absolute Gasteiger partial charge is 0.410 e. The van der Waals surface area contributed by atoms with Crippen molar-refractivity contribution < 1.29 is 19.0 Å². The van der Waals surface area contributed by atoms with Crippen molar-refractivity contribution in [1.29, 1.82) is 0 Å². The van der Waals surface area contributed by atoms with Crippen LogP contribution in [0.5, 0.6) is 5.75 Å². The highest BCUT2D eigenvalue weighted by Crippen LogP contribution is 2.31. The number of nitrogens with zero attached hydrogens (tertiary/aromatic N) is 3. The largest absolute Gasteiger partial charge is 0.488 e. The van der Waals surface area contributed by atoms with Crippen LogP contribution >= 0.6 is 0 Å². The maximum atomic E-state index is 12.7. The van der Waals surface area contributed by atoms with Crippen LogP contribution in [-0.2, 0) is 9.47 Å². The topological polar surface area (TPSA) is 89.6 Å². The van der Waals surface area contributed by atoms with Crippen molar-refractivity contribution in [3.63, 3.8) is 0 Å². The maximum Gasteiger partial charge on any atom is 0.410 e. The molecule has 8 heteroatoms. The molecule has 8 nitrogen and oxygen atoms in total. The number of carbonyl (C=O) groups is 1. The number of aromatic nitrogens is 3. The molecule has 1 aliphatic heterocycles. The molecule has 2 aromatic heterocycles. The third-order valence-electron chi connectivity index (χ3n) is 5.03. The molecule has 1 saturated heterocycles. The molecule has 1 aromatic carbocycles. The summed E-state index contributed by atoms with van der Waals surface area (Å²) in [4.78, 5) is 26.3. The fourth-order valence-corrected chi connectivity index (χ4v) is 3.85. The van der Waals surface area contributed by atoms with E-state index in [-0.39, 0.29) is 18.8 Å². The van der Waals surface area contributed by atoms with Gasteiger partial charge in [0.1, 0.15) is 29.6 Å². The summed E-state index contributed by atoms with van der Waals surface area (Å²) in [6.45, 7) is 10.6. The van der Waals surface area contributed by atoms with Crippen molar-refractivity contribution in [2.75, 3.05) is 19.7 Å². The molecule has 1 N–H and O–H groups in total. The first-order valence-corrected chi connectivity index (χ1v) is 10.8. The molecule has 3 aromatic rings. The van der Waals surface area contributed by atoms with Crippen LogP contribution in [0.4, 0.5) is 4.79 Å². The van der Waals surface area contributed by atoms with Gasteiger partial charge in [0.25, 0.3) is 0 Å². The fraction of sp³-hybridized carbons (Fsp3) is 0.458. The van der Waals surface area contributed by atoms with Crippen LogP contribution in [0.2, 0.25) is 0 Å². The lowest BCUT2D eigenvalue weighted by Crippen LogP contribution is -2.56. The Morgan fingerprint density at radius 2 is 2.03 bits per heavy atom. The summed E-state index contributed by atoms with van der Waals surface area (Å²) in [5, 5.41) is 0. The highest BCUT2D eigenvalue weighted by molar-refractivity contribution is 5.86. The Balaban J connectivity index is 1.54. The Bertz CT molecular complexity index is 1090. The molecule has 1 amide bonds. The molecule has 0 bridgehead atoms. The van der Waals surface area contributed by atoms with Gasteiger partial charge in [-0.25, -0.2) is 9.78 Å². The summed E-state index contributed by atoms with van der Waals surface area (Å²) in [7, 11) is 0. The normalized spacial score (nSPS) is 18.5. The lowest BCUT2D eigenvalue weighted by molar-refractivity contribution is -0.143. The van der Waals surface area contributed by atoms with Crippen molar-refractivity contribution in [1.82, 2.24) is 19.9 Å². The van der Waals surface area contributed by atoms with Gasteiger partial charge in [-0.15, -0.1) is 0 Å². The van der Waals surface area contributed by atoms with E-state index in [1.807, 2.05) is 65.2 Å². The van der Waals surface area contributed by atoms with Gasteiger partial charge in [0, 0.05) is 24.8 Å². The van der Waals surface area contributed by atoms with E-state index in [9.17, 15) is 4.79 Å². The van der Waals surface area contributed by atoms with E-state index in [1.54, 1.807) is 17.3 Å². The van der Waals surface area contributed by atoms with Gasteiger partial charge in [-0.1, -0.05) is 0 Å². The van der Waals surface area contributed by atoms with Crippen molar-refractivity contribution in [3.8, 4) is 16.9 Å². The summed E-state index contributed by atoms with van der Waals surface area (Å²) in [5.41, 5.74) is 2.38. The van der Waals surface area contributed by atoms with E-state index in [2.05, 4.69) is 15.0 Å². The van der Waals surface area contributed by atoms with Crippen LogP contribution < -0.4 is 4.74 Å². The molecule has 0 spiro atoms. The SMILES string of the molecule is CC(C)(C)OC(=O)N1C[C@@H](COc2cc(-c3cc[nH]c3)cc3nccnc23)OC(C)(C)C1. The second-order valence-corrected chi connectivity index (χ2v) is 9.67. The van der Waals surface area contributed by atoms with Crippen LogP contribution in [0.3, 0.4) is 0 Å². The maximum absolute atomic E-state index is 12.7. The second kappa shape index (κ2) is 8.43. The number of aromatic amines is 1. The fourth-order valence-electron chi connectivity index (χ4n) is 3.85. The van der Waals surface area contributed by atoms with Crippen LogP contribution in [0.25, 0.3) is 22.2 Å². The molecule has 0 radical (unpaired) electrons. The van der Waals surface area contributed by atoms with E-state index in [0.717, 1.165) is 16.6 Å². The highest BCUT2D eigenvalue weighted by Gasteiger charge is 2.37. The number of hydrogen-bond acceptors (Lipinski definition) is 6. The Morgan fingerprint density at radius 3 is 2.75 bits per heavy atom. The molecular formula is C24H30N4O4. The third kappa shape index (κ3) is 5.19. The zero-order valence-corrected chi connectivity index (χ0v) is 19.2. The van der Waals surface area contributed by atoms with Gasteiger partial charge in [0.2, 0.25) is 0 Å². The van der Waals surface area contributed by atoms with Crippen molar-refractivity contribution in [2.24, 2.45) is 0 Å².